The van der Waals surface area contributed by atoms with Gasteiger partial charge in [0.2, 0.25) is 11.8 Å². The molecule has 0 aliphatic rings. The molecule has 0 atom stereocenters. The highest BCUT2D eigenvalue weighted by molar-refractivity contribution is 8.00. The van der Waals surface area contributed by atoms with Gasteiger partial charge in [-0.05, 0) is 61.0 Å². The Kier molecular flexibility index (Phi) is 7.95. The molecule has 0 radical (unpaired) electrons. The smallest absolute Gasteiger partial charge is 0.234 e. The average molecular weight is 489 g/mol. The number of thioether (sulfide) groups is 1. The van der Waals surface area contributed by atoms with Crippen LogP contribution in [0.2, 0.25) is 0 Å². The van der Waals surface area contributed by atoms with E-state index in [1.807, 2.05) is 67.7 Å². The van der Waals surface area contributed by atoms with Gasteiger partial charge in [-0.15, -0.1) is 11.8 Å². The molecule has 178 valence electrons. The molecular weight excluding hydrogens is 463 g/mol. The number of halogens is 1. The molecular formula is C27H25FN4O2S. The van der Waals surface area contributed by atoms with Gasteiger partial charge in [-0.1, -0.05) is 30.3 Å². The second kappa shape index (κ2) is 11.5. The van der Waals surface area contributed by atoms with E-state index in [-0.39, 0.29) is 35.7 Å². The van der Waals surface area contributed by atoms with Crippen molar-refractivity contribution in [2.75, 3.05) is 16.8 Å². The number of amides is 2. The van der Waals surface area contributed by atoms with Crippen LogP contribution in [-0.2, 0) is 16.1 Å². The fourth-order valence-electron chi connectivity index (χ4n) is 3.50. The summed E-state index contributed by atoms with van der Waals surface area (Å²) in [5.41, 5.74) is 4.90. The lowest BCUT2D eigenvalue weighted by Crippen LogP contribution is -2.25. The second-order valence-electron chi connectivity index (χ2n) is 7.98. The number of rotatable bonds is 9. The molecule has 0 spiro atoms. The third kappa shape index (κ3) is 6.80. The highest BCUT2D eigenvalue weighted by Gasteiger charge is 2.14. The molecule has 6 nitrogen and oxygen atoms in total. The first kappa shape index (κ1) is 24.2. The molecule has 0 aliphatic carbocycles. The lowest BCUT2D eigenvalue weighted by Gasteiger charge is -2.07. The van der Waals surface area contributed by atoms with E-state index in [0.29, 0.717) is 5.69 Å². The number of hydrogen-bond donors (Lipinski definition) is 2. The largest absolute Gasteiger partial charge is 0.351 e. The third-order valence-electron chi connectivity index (χ3n) is 5.17. The minimum Gasteiger partial charge on any atom is -0.351 e. The molecule has 1 heterocycles. The first-order valence-electron chi connectivity index (χ1n) is 11.1. The van der Waals surface area contributed by atoms with Gasteiger partial charge < -0.3 is 10.6 Å². The Hall–Kier alpha value is -3.91. The van der Waals surface area contributed by atoms with Crippen molar-refractivity contribution in [3.8, 4) is 16.9 Å². The summed E-state index contributed by atoms with van der Waals surface area (Å²) in [7, 11) is 0. The topological polar surface area (TPSA) is 76.0 Å². The van der Waals surface area contributed by atoms with E-state index < -0.39 is 0 Å². The SMILES string of the molecule is Cc1cccc(NC(=O)CSCC(=O)NCc2cn(-c3ccccc3)nc2-c2ccc(F)cc2)c1. The van der Waals surface area contributed by atoms with Gasteiger partial charge in [-0.3, -0.25) is 9.59 Å². The van der Waals surface area contributed by atoms with Gasteiger partial charge in [0.05, 0.1) is 22.9 Å². The first-order chi connectivity index (χ1) is 17.0. The molecule has 1 aromatic heterocycles. The zero-order chi connectivity index (χ0) is 24.6. The molecule has 0 saturated carbocycles. The van der Waals surface area contributed by atoms with Gasteiger partial charge in [0.1, 0.15) is 5.82 Å². The van der Waals surface area contributed by atoms with Crippen LogP contribution < -0.4 is 10.6 Å². The molecule has 2 amide bonds. The minimum atomic E-state index is -0.324. The summed E-state index contributed by atoms with van der Waals surface area (Å²) in [6.45, 7) is 2.22. The molecule has 8 heteroatoms. The van der Waals surface area contributed by atoms with Crippen LogP contribution >= 0.6 is 11.8 Å². The Bertz CT molecular complexity index is 1310. The molecule has 35 heavy (non-hydrogen) atoms. The van der Waals surface area contributed by atoms with Crippen LogP contribution in [0.1, 0.15) is 11.1 Å². The Morgan fingerprint density at radius 1 is 0.943 bits per heavy atom. The van der Waals surface area contributed by atoms with Crippen molar-refractivity contribution in [3.05, 3.63) is 102 Å². The summed E-state index contributed by atoms with van der Waals surface area (Å²) in [5, 5.41) is 10.4. The maximum absolute atomic E-state index is 13.4. The van der Waals surface area contributed by atoms with Crippen LogP contribution in [0.3, 0.4) is 0 Å². The highest BCUT2D eigenvalue weighted by Crippen LogP contribution is 2.24. The van der Waals surface area contributed by atoms with Gasteiger partial charge in [0, 0.05) is 29.6 Å². The first-order valence-corrected chi connectivity index (χ1v) is 12.2. The van der Waals surface area contributed by atoms with Crippen LogP contribution in [0.5, 0.6) is 0 Å². The van der Waals surface area contributed by atoms with Crippen LogP contribution in [0.25, 0.3) is 16.9 Å². The normalized spacial score (nSPS) is 10.7. The zero-order valence-electron chi connectivity index (χ0n) is 19.2. The van der Waals surface area contributed by atoms with Crippen LogP contribution in [-0.4, -0.2) is 33.1 Å². The van der Waals surface area contributed by atoms with Gasteiger partial charge in [0.25, 0.3) is 0 Å². The Labute approximate surface area is 207 Å². The van der Waals surface area contributed by atoms with E-state index in [0.717, 1.165) is 28.1 Å². The maximum atomic E-state index is 13.4. The molecule has 4 aromatic rings. The number of hydrogen-bond acceptors (Lipinski definition) is 4. The molecule has 3 aromatic carbocycles. The number of nitrogens with one attached hydrogen (secondary N) is 2. The van der Waals surface area contributed by atoms with E-state index in [4.69, 9.17) is 0 Å². The van der Waals surface area contributed by atoms with Crippen LogP contribution in [0.15, 0.2) is 85.1 Å². The molecule has 0 aliphatic heterocycles. The Morgan fingerprint density at radius 3 is 2.43 bits per heavy atom. The van der Waals surface area contributed by atoms with Crippen LogP contribution in [0.4, 0.5) is 10.1 Å². The number of carbonyl (C=O) groups excluding carboxylic acids is 2. The monoisotopic (exact) mass is 488 g/mol. The maximum Gasteiger partial charge on any atom is 0.234 e. The molecule has 4 rings (SSSR count). The number of aromatic nitrogens is 2. The predicted octanol–water partition coefficient (Wildman–Crippen LogP) is 4.97. The van der Waals surface area contributed by atoms with Gasteiger partial charge in [-0.25, -0.2) is 9.07 Å². The highest BCUT2D eigenvalue weighted by atomic mass is 32.2. The van der Waals surface area contributed by atoms with E-state index in [1.165, 1.54) is 23.9 Å². The molecule has 0 unspecified atom stereocenters. The van der Waals surface area contributed by atoms with Gasteiger partial charge in [-0.2, -0.15) is 5.10 Å². The predicted molar refractivity (Wildman–Crippen MR) is 138 cm³/mol. The summed E-state index contributed by atoms with van der Waals surface area (Å²) in [6.07, 6.45) is 1.86. The van der Waals surface area contributed by atoms with Crippen molar-refractivity contribution < 1.29 is 14.0 Å². The standard InChI is InChI=1S/C27H25FN4O2S/c1-19-6-5-7-23(14-19)30-26(34)18-35-17-25(33)29-15-21-16-32(24-8-3-2-4-9-24)31-27(21)20-10-12-22(28)13-11-20/h2-14,16H,15,17-18H2,1H3,(H,29,33)(H,30,34). The summed E-state index contributed by atoms with van der Waals surface area (Å²) < 4.78 is 15.2. The number of nitrogens with zero attached hydrogens (tertiary/aromatic N) is 2. The van der Waals surface area contributed by atoms with Gasteiger partial charge in [0.15, 0.2) is 0 Å². The fourth-order valence-corrected chi connectivity index (χ4v) is 4.15. The number of benzene rings is 3. The van der Waals surface area contributed by atoms with Gasteiger partial charge >= 0.3 is 0 Å². The molecule has 0 saturated heterocycles. The minimum absolute atomic E-state index is 0.153. The van der Waals surface area contributed by atoms with Crippen molar-refractivity contribution in [3.63, 3.8) is 0 Å². The molecule has 0 bridgehead atoms. The number of para-hydroxylation sites is 1. The number of anilines is 1. The van der Waals surface area contributed by atoms with Crippen LogP contribution in [0, 0.1) is 12.7 Å². The molecule has 2 N–H and O–H groups in total. The summed E-state index contributed by atoms with van der Waals surface area (Å²) in [6, 6.07) is 23.3. The van der Waals surface area contributed by atoms with Crippen molar-refractivity contribution in [1.82, 2.24) is 15.1 Å². The average Bonchev–Trinajstić information content (AvgIpc) is 3.28. The lowest BCUT2D eigenvalue weighted by molar-refractivity contribution is -0.118. The van der Waals surface area contributed by atoms with Crippen molar-refractivity contribution in [2.45, 2.75) is 13.5 Å². The molecule has 0 fully saturated rings. The zero-order valence-corrected chi connectivity index (χ0v) is 20.0. The Morgan fingerprint density at radius 2 is 1.69 bits per heavy atom. The van der Waals surface area contributed by atoms with E-state index >= 15 is 0 Å². The quantitative estimate of drug-likeness (QED) is 0.349. The third-order valence-corrected chi connectivity index (χ3v) is 6.11. The lowest BCUT2D eigenvalue weighted by atomic mass is 10.1. The van der Waals surface area contributed by atoms with E-state index in [1.54, 1.807) is 16.8 Å². The summed E-state index contributed by atoms with van der Waals surface area (Å²) in [4.78, 5) is 24.6. The van der Waals surface area contributed by atoms with Crippen molar-refractivity contribution in [1.29, 1.82) is 0 Å². The van der Waals surface area contributed by atoms with E-state index in [9.17, 15) is 14.0 Å². The Balaban J connectivity index is 1.35. The van der Waals surface area contributed by atoms with E-state index in [2.05, 4.69) is 15.7 Å². The summed E-state index contributed by atoms with van der Waals surface area (Å²) in [5.74, 6) is -0.338. The van der Waals surface area contributed by atoms with Crippen molar-refractivity contribution >= 4 is 29.3 Å². The number of aryl methyl sites for hydroxylation is 1. The number of carbonyl (C=O) groups is 2. The summed E-state index contributed by atoms with van der Waals surface area (Å²) >= 11 is 1.25. The van der Waals surface area contributed by atoms with Crippen molar-refractivity contribution in [2.24, 2.45) is 0 Å². The fraction of sp³-hybridized carbons (Fsp3) is 0.148. The second-order valence-corrected chi connectivity index (χ2v) is 8.96.